The summed E-state index contributed by atoms with van der Waals surface area (Å²) in [4.78, 5) is 28.2. The Hall–Kier alpha value is -2.95. The minimum Gasteiger partial charge on any atom is -0.463 e. The monoisotopic (exact) mass is 280 g/mol. The Morgan fingerprint density at radius 1 is 1.14 bits per heavy atom. The van der Waals surface area contributed by atoms with Crippen LogP contribution in [0.5, 0.6) is 0 Å². The molecule has 104 valence electrons. The van der Waals surface area contributed by atoms with Gasteiger partial charge in [0.2, 0.25) is 5.43 Å². The van der Waals surface area contributed by atoms with Gasteiger partial charge in [0.15, 0.2) is 0 Å². The number of nitrogens with one attached hydrogen (secondary N) is 1. The Bertz CT molecular complexity index is 841. The zero-order valence-electron chi connectivity index (χ0n) is 11.1. The fourth-order valence-electron chi connectivity index (χ4n) is 2.01. The molecule has 2 aromatic heterocycles. The summed E-state index contributed by atoms with van der Waals surface area (Å²) in [6, 6.07) is 10.4. The molecule has 0 aliphatic rings. The van der Waals surface area contributed by atoms with Crippen LogP contribution in [0.3, 0.4) is 0 Å². The molecule has 2 heterocycles. The third kappa shape index (κ3) is 2.67. The molecule has 0 radical (unpaired) electrons. The van der Waals surface area contributed by atoms with Gasteiger partial charge in [-0.15, -0.1) is 0 Å². The quantitative estimate of drug-likeness (QED) is 0.797. The van der Waals surface area contributed by atoms with E-state index >= 15 is 0 Å². The van der Waals surface area contributed by atoms with Gasteiger partial charge in [-0.2, -0.15) is 0 Å². The van der Waals surface area contributed by atoms with Crippen molar-refractivity contribution in [2.24, 2.45) is 0 Å². The average Bonchev–Trinajstić information content (AvgIpc) is 2.54. The number of benzene rings is 1. The van der Waals surface area contributed by atoms with Gasteiger partial charge in [0, 0.05) is 18.9 Å². The summed E-state index contributed by atoms with van der Waals surface area (Å²) in [5.74, 6) is -0.452. The average molecular weight is 280 g/mol. The molecule has 0 spiro atoms. The molecule has 1 N–H and O–H groups in total. The van der Waals surface area contributed by atoms with E-state index < -0.39 is 5.91 Å². The van der Waals surface area contributed by atoms with Crippen LogP contribution in [0.25, 0.3) is 11.0 Å². The Labute approximate surface area is 120 Å². The first-order valence-electron chi connectivity index (χ1n) is 6.43. The molecule has 1 amide bonds. The minimum absolute atomic E-state index is 0.00255. The molecule has 0 saturated carbocycles. The number of aromatic nitrogens is 1. The Balaban J connectivity index is 1.85. The summed E-state index contributed by atoms with van der Waals surface area (Å²) in [6.07, 6.45) is 4.49. The lowest BCUT2D eigenvalue weighted by molar-refractivity contribution is 0.0948. The fourth-order valence-corrected chi connectivity index (χ4v) is 2.01. The summed E-state index contributed by atoms with van der Waals surface area (Å²) in [6.45, 7) is 0.327. The lowest BCUT2D eigenvalue weighted by atomic mass is 10.1. The zero-order valence-corrected chi connectivity index (χ0v) is 11.1. The number of hydrogen-bond donors (Lipinski definition) is 1. The summed E-state index contributed by atoms with van der Waals surface area (Å²) in [7, 11) is 0. The van der Waals surface area contributed by atoms with Crippen molar-refractivity contribution in [3.05, 3.63) is 76.4 Å². The number of carbonyl (C=O) groups is 1. The highest BCUT2D eigenvalue weighted by molar-refractivity contribution is 5.96. The van der Waals surface area contributed by atoms with Crippen molar-refractivity contribution < 1.29 is 9.21 Å². The first kappa shape index (κ1) is 13.1. The topological polar surface area (TPSA) is 72.2 Å². The zero-order chi connectivity index (χ0) is 14.7. The summed E-state index contributed by atoms with van der Waals surface area (Å²) >= 11 is 0. The molecule has 5 heteroatoms. The van der Waals surface area contributed by atoms with E-state index in [1.54, 1.807) is 48.8 Å². The first-order chi connectivity index (χ1) is 10.3. The molecule has 0 aliphatic heterocycles. The van der Waals surface area contributed by atoms with E-state index in [9.17, 15) is 9.59 Å². The van der Waals surface area contributed by atoms with Gasteiger partial charge in [0.05, 0.1) is 5.39 Å². The van der Waals surface area contributed by atoms with Gasteiger partial charge in [-0.1, -0.05) is 12.1 Å². The van der Waals surface area contributed by atoms with E-state index in [0.29, 0.717) is 17.5 Å². The van der Waals surface area contributed by atoms with Crippen LogP contribution in [-0.2, 0) is 6.54 Å². The smallest absolute Gasteiger partial charge is 0.258 e. The molecular weight excluding hydrogens is 268 g/mol. The minimum atomic E-state index is -0.452. The highest BCUT2D eigenvalue weighted by Crippen LogP contribution is 2.10. The molecule has 21 heavy (non-hydrogen) atoms. The van der Waals surface area contributed by atoms with Crippen molar-refractivity contribution in [1.82, 2.24) is 10.3 Å². The van der Waals surface area contributed by atoms with Crippen molar-refractivity contribution in [2.45, 2.75) is 6.54 Å². The van der Waals surface area contributed by atoms with Crippen LogP contribution in [0.1, 0.15) is 15.9 Å². The molecular formula is C16H12N2O3. The molecule has 0 fully saturated rings. The number of rotatable bonds is 3. The van der Waals surface area contributed by atoms with Crippen LogP contribution < -0.4 is 10.7 Å². The van der Waals surface area contributed by atoms with Crippen molar-refractivity contribution in [3.8, 4) is 0 Å². The number of fused-ring (bicyclic) bond motifs is 1. The number of amides is 1. The first-order valence-corrected chi connectivity index (χ1v) is 6.43. The lowest BCUT2D eigenvalue weighted by Gasteiger charge is -2.05. The van der Waals surface area contributed by atoms with E-state index in [1.165, 1.54) is 6.26 Å². The fraction of sp³-hybridized carbons (Fsp3) is 0.0625. The second-order valence-corrected chi connectivity index (χ2v) is 4.51. The molecule has 0 bridgehead atoms. The molecule has 3 aromatic rings. The molecule has 0 atom stereocenters. The van der Waals surface area contributed by atoms with Gasteiger partial charge >= 0.3 is 0 Å². The predicted molar refractivity (Wildman–Crippen MR) is 77.9 cm³/mol. The molecule has 1 aromatic carbocycles. The van der Waals surface area contributed by atoms with E-state index in [1.807, 2.05) is 0 Å². The van der Waals surface area contributed by atoms with Gasteiger partial charge in [0.1, 0.15) is 17.4 Å². The number of pyridine rings is 1. The second kappa shape index (κ2) is 5.58. The highest BCUT2D eigenvalue weighted by atomic mass is 16.3. The Kier molecular flexibility index (Phi) is 3.47. The standard InChI is InChI=1S/C16H12N2O3/c19-15-12-3-1-2-4-14(12)21-10-13(15)16(20)18-9-11-5-7-17-8-6-11/h1-8,10H,9H2,(H,18,20). The SMILES string of the molecule is O=C(NCc1ccncc1)c1coc2ccccc2c1=O. The van der Waals surface area contributed by atoms with Crippen molar-refractivity contribution in [1.29, 1.82) is 0 Å². The van der Waals surface area contributed by atoms with Gasteiger partial charge < -0.3 is 9.73 Å². The van der Waals surface area contributed by atoms with Crippen LogP contribution in [0.2, 0.25) is 0 Å². The van der Waals surface area contributed by atoms with Gasteiger partial charge in [-0.3, -0.25) is 14.6 Å². The van der Waals surface area contributed by atoms with E-state index in [2.05, 4.69) is 10.3 Å². The van der Waals surface area contributed by atoms with Crippen LogP contribution in [-0.4, -0.2) is 10.9 Å². The number of carbonyl (C=O) groups excluding carboxylic acids is 1. The number of para-hydroxylation sites is 1. The second-order valence-electron chi connectivity index (χ2n) is 4.51. The maximum Gasteiger partial charge on any atom is 0.258 e. The van der Waals surface area contributed by atoms with Crippen LogP contribution >= 0.6 is 0 Å². The van der Waals surface area contributed by atoms with E-state index in [-0.39, 0.29) is 11.0 Å². The molecule has 0 unspecified atom stereocenters. The van der Waals surface area contributed by atoms with Crippen molar-refractivity contribution in [3.63, 3.8) is 0 Å². The Morgan fingerprint density at radius 2 is 1.90 bits per heavy atom. The highest BCUT2D eigenvalue weighted by Gasteiger charge is 2.13. The maximum atomic E-state index is 12.3. The lowest BCUT2D eigenvalue weighted by Crippen LogP contribution is -2.28. The van der Waals surface area contributed by atoms with Crippen LogP contribution in [0.4, 0.5) is 0 Å². The number of nitrogens with zero attached hydrogens (tertiary/aromatic N) is 1. The summed E-state index contributed by atoms with van der Waals surface area (Å²) < 4.78 is 5.33. The Morgan fingerprint density at radius 3 is 2.71 bits per heavy atom. The largest absolute Gasteiger partial charge is 0.463 e. The molecule has 0 aliphatic carbocycles. The van der Waals surface area contributed by atoms with Gasteiger partial charge in [0.25, 0.3) is 5.91 Å². The normalized spacial score (nSPS) is 10.5. The summed E-state index contributed by atoms with van der Waals surface area (Å²) in [5.41, 5.74) is 1.04. The molecule has 3 rings (SSSR count). The third-order valence-electron chi connectivity index (χ3n) is 3.13. The molecule has 5 nitrogen and oxygen atoms in total. The van der Waals surface area contributed by atoms with Crippen LogP contribution in [0, 0.1) is 0 Å². The maximum absolute atomic E-state index is 12.3. The van der Waals surface area contributed by atoms with Crippen molar-refractivity contribution >= 4 is 16.9 Å². The van der Waals surface area contributed by atoms with E-state index in [0.717, 1.165) is 5.56 Å². The summed E-state index contributed by atoms with van der Waals surface area (Å²) in [5, 5.41) is 3.09. The molecule has 0 saturated heterocycles. The van der Waals surface area contributed by atoms with Gasteiger partial charge in [-0.05, 0) is 29.8 Å². The van der Waals surface area contributed by atoms with Gasteiger partial charge in [-0.25, -0.2) is 0 Å². The predicted octanol–water partition coefficient (Wildman–Crippen LogP) is 2.12. The third-order valence-corrected chi connectivity index (χ3v) is 3.13. The van der Waals surface area contributed by atoms with E-state index in [4.69, 9.17) is 4.42 Å². The van der Waals surface area contributed by atoms with Crippen LogP contribution in [0.15, 0.2) is 64.3 Å². The van der Waals surface area contributed by atoms with Crippen molar-refractivity contribution in [2.75, 3.05) is 0 Å². The number of hydrogen-bond acceptors (Lipinski definition) is 4.